The van der Waals surface area contributed by atoms with Gasteiger partial charge in [0.05, 0.1) is 0 Å². The predicted octanol–water partition coefficient (Wildman–Crippen LogP) is 6.14. The second-order valence-electron chi connectivity index (χ2n) is 5.05. The topological polar surface area (TPSA) is 0 Å². The van der Waals surface area contributed by atoms with Crippen LogP contribution in [0.2, 0.25) is 0 Å². The summed E-state index contributed by atoms with van der Waals surface area (Å²) in [7, 11) is 0. The third-order valence-electron chi connectivity index (χ3n) is 3.54. The molecule has 4 aromatic rings. The van der Waals surface area contributed by atoms with Crippen molar-refractivity contribution in [1.82, 2.24) is 0 Å². The van der Waals surface area contributed by atoms with Gasteiger partial charge in [-0.25, -0.2) is 0 Å². The van der Waals surface area contributed by atoms with Gasteiger partial charge in [0, 0.05) is 26.2 Å². The molecule has 0 aromatic heterocycles. The third-order valence-corrected chi connectivity index (χ3v) is 3.54. The monoisotopic (exact) mass is 372 g/mol. The summed E-state index contributed by atoms with van der Waals surface area (Å²) in [4.78, 5) is 0. The van der Waals surface area contributed by atoms with Crippen LogP contribution in [0.3, 0.4) is 0 Å². The van der Waals surface area contributed by atoms with E-state index >= 15 is 0 Å². The average Bonchev–Trinajstić information content (AvgIpc) is 3.31. The van der Waals surface area contributed by atoms with E-state index < -0.39 is 0 Å². The van der Waals surface area contributed by atoms with Gasteiger partial charge in [-0.05, 0) is 0 Å². The van der Waals surface area contributed by atoms with Crippen LogP contribution in [0.15, 0.2) is 109 Å². The van der Waals surface area contributed by atoms with E-state index in [0.717, 1.165) is 0 Å². The summed E-state index contributed by atoms with van der Waals surface area (Å²) in [5.74, 6) is 0. The molecule has 0 aliphatic heterocycles. The average molecular weight is 374 g/mol. The normalized spacial score (nSPS) is 9.39. The number of benzene rings is 2. The Kier molecular flexibility index (Phi) is 6.97. The zero-order chi connectivity index (χ0) is 15.0. The molecule has 0 nitrogen and oxygen atoms in total. The number of hydrogen-bond donors (Lipinski definition) is 0. The van der Waals surface area contributed by atoms with Crippen LogP contribution >= 0.6 is 0 Å². The summed E-state index contributed by atoms with van der Waals surface area (Å²) in [6.45, 7) is 0. The summed E-state index contributed by atoms with van der Waals surface area (Å²) in [6.07, 6.45) is 0. The van der Waals surface area contributed by atoms with E-state index in [0.29, 0.717) is 0 Å². The molecule has 0 atom stereocenters. The summed E-state index contributed by atoms with van der Waals surface area (Å²) in [6, 6.07) is 37.5. The van der Waals surface area contributed by atoms with Crippen LogP contribution in [-0.4, -0.2) is 0 Å². The van der Waals surface area contributed by atoms with Gasteiger partial charge >= 0.3 is 0 Å². The van der Waals surface area contributed by atoms with Crippen molar-refractivity contribution < 1.29 is 26.2 Å². The molecular weight excluding hydrogens is 355 g/mol. The van der Waals surface area contributed by atoms with E-state index in [9.17, 15) is 0 Å². The molecular formula is C22H18Zr-6. The maximum atomic E-state index is 2.18. The van der Waals surface area contributed by atoms with Crippen LogP contribution < -0.4 is 0 Å². The van der Waals surface area contributed by atoms with Crippen molar-refractivity contribution in [1.29, 1.82) is 0 Å². The SMILES string of the molecule is [Zr].[cH-]1[cH-][cH-][cH-][cH-]1.c1ccc(-c2ccc[c-]2-c2ccccc2)cc1. The Bertz CT molecular complexity index is 694. The number of rotatable bonds is 2. The maximum absolute atomic E-state index is 2.18. The molecule has 116 valence electrons. The minimum atomic E-state index is 0. The van der Waals surface area contributed by atoms with Crippen molar-refractivity contribution in [2.75, 3.05) is 0 Å². The molecule has 23 heavy (non-hydrogen) atoms. The zero-order valence-electron chi connectivity index (χ0n) is 12.9. The second kappa shape index (κ2) is 9.23. The Morgan fingerprint density at radius 2 is 1.09 bits per heavy atom. The van der Waals surface area contributed by atoms with Crippen LogP contribution in [0.1, 0.15) is 0 Å². The van der Waals surface area contributed by atoms with Gasteiger partial charge in [-0.15, -0.1) is 35.9 Å². The van der Waals surface area contributed by atoms with E-state index in [1.54, 1.807) is 0 Å². The van der Waals surface area contributed by atoms with E-state index in [4.69, 9.17) is 0 Å². The van der Waals surface area contributed by atoms with Gasteiger partial charge in [0.1, 0.15) is 0 Å². The molecule has 0 radical (unpaired) electrons. The van der Waals surface area contributed by atoms with Gasteiger partial charge < -0.3 is 30.3 Å². The molecule has 4 aromatic carbocycles. The largest absolute Gasteiger partial charge is 0.748 e. The molecule has 0 aliphatic rings. The Hall–Kier alpha value is -1.98. The summed E-state index contributed by atoms with van der Waals surface area (Å²) in [5, 5.41) is 0. The van der Waals surface area contributed by atoms with E-state index in [2.05, 4.69) is 78.9 Å². The van der Waals surface area contributed by atoms with Crippen molar-refractivity contribution in [2.45, 2.75) is 0 Å². The maximum Gasteiger partial charge on any atom is 0 e. The first kappa shape index (κ1) is 17.4. The van der Waals surface area contributed by atoms with Gasteiger partial charge in [-0.2, -0.15) is 0 Å². The molecule has 0 unspecified atom stereocenters. The van der Waals surface area contributed by atoms with Crippen molar-refractivity contribution >= 4 is 0 Å². The Morgan fingerprint density at radius 3 is 1.65 bits per heavy atom. The first-order valence-electron chi connectivity index (χ1n) is 7.48. The molecule has 0 spiro atoms. The summed E-state index contributed by atoms with van der Waals surface area (Å²) >= 11 is 0. The molecule has 1 heteroatoms. The molecule has 0 saturated carbocycles. The van der Waals surface area contributed by atoms with E-state index in [1.165, 1.54) is 22.3 Å². The van der Waals surface area contributed by atoms with Crippen molar-refractivity contribution in [3.05, 3.63) is 109 Å². The molecule has 0 fully saturated rings. The van der Waals surface area contributed by atoms with Gasteiger partial charge in [0.15, 0.2) is 0 Å². The van der Waals surface area contributed by atoms with Crippen molar-refractivity contribution in [3.63, 3.8) is 0 Å². The zero-order valence-corrected chi connectivity index (χ0v) is 15.4. The standard InChI is InChI=1S/C17H13.C5H5.Zr/c1-3-8-14(9-4-1)16-12-7-13-17(16)15-10-5-2-6-11-15;1-2-4-5-3-1;/h1-13H;1-5H;/q-1;-5;. The first-order chi connectivity index (χ1) is 10.9. The van der Waals surface area contributed by atoms with E-state index in [-0.39, 0.29) is 26.2 Å². The minimum Gasteiger partial charge on any atom is -0.748 e. The second-order valence-corrected chi connectivity index (χ2v) is 5.05. The fourth-order valence-electron chi connectivity index (χ4n) is 2.48. The Morgan fingerprint density at radius 1 is 0.565 bits per heavy atom. The molecule has 0 heterocycles. The molecule has 0 saturated heterocycles. The van der Waals surface area contributed by atoms with Gasteiger partial charge in [-0.1, -0.05) is 65.2 Å². The van der Waals surface area contributed by atoms with Gasteiger partial charge in [-0.3, -0.25) is 0 Å². The quantitative estimate of drug-likeness (QED) is 0.370. The van der Waals surface area contributed by atoms with Crippen LogP contribution in [0.4, 0.5) is 0 Å². The summed E-state index contributed by atoms with van der Waals surface area (Å²) in [5.41, 5.74) is 5.15. The molecule has 0 amide bonds. The summed E-state index contributed by atoms with van der Waals surface area (Å²) < 4.78 is 0. The Balaban J connectivity index is 0.000000276. The number of hydrogen-bond acceptors (Lipinski definition) is 0. The van der Waals surface area contributed by atoms with Crippen LogP contribution in [0.5, 0.6) is 0 Å². The molecule has 4 rings (SSSR count). The van der Waals surface area contributed by atoms with E-state index in [1.807, 2.05) is 30.3 Å². The fourth-order valence-corrected chi connectivity index (χ4v) is 2.48. The molecule has 0 aliphatic carbocycles. The van der Waals surface area contributed by atoms with Crippen molar-refractivity contribution in [3.8, 4) is 22.3 Å². The fraction of sp³-hybridized carbons (Fsp3) is 0. The molecule has 0 bridgehead atoms. The Labute approximate surface area is 157 Å². The first-order valence-corrected chi connectivity index (χ1v) is 7.48. The molecule has 0 N–H and O–H groups in total. The van der Waals surface area contributed by atoms with Crippen LogP contribution in [0.25, 0.3) is 22.3 Å². The third kappa shape index (κ3) is 4.75. The predicted molar refractivity (Wildman–Crippen MR) is 94.9 cm³/mol. The minimum absolute atomic E-state index is 0. The van der Waals surface area contributed by atoms with Gasteiger partial charge in [0.25, 0.3) is 0 Å². The van der Waals surface area contributed by atoms with Crippen LogP contribution in [-0.2, 0) is 26.2 Å². The van der Waals surface area contributed by atoms with Crippen LogP contribution in [0, 0.1) is 0 Å². The smallest absolute Gasteiger partial charge is 0 e. The van der Waals surface area contributed by atoms with Crippen molar-refractivity contribution in [2.24, 2.45) is 0 Å². The van der Waals surface area contributed by atoms with Gasteiger partial charge in [0.2, 0.25) is 0 Å².